The van der Waals surface area contributed by atoms with Gasteiger partial charge in [0.05, 0.1) is 18.2 Å². The van der Waals surface area contributed by atoms with Crippen molar-refractivity contribution in [3.05, 3.63) is 0 Å². The van der Waals surface area contributed by atoms with Crippen LogP contribution < -0.4 is 0 Å². The Morgan fingerprint density at radius 3 is 2.92 bits per heavy atom. The van der Waals surface area contributed by atoms with Gasteiger partial charge in [0.25, 0.3) is 0 Å². The smallest absolute Gasteiger partial charge is 0.0973 e. The predicted molar refractivity (Wildman–Crippen MR) is 51.3 cm³/mol. The molecule has 13 heavy (non-hydrogen) atoms. The molecule has 2 atom stereocenters. The summed E-state index contributed by atoms with van der Waals surface area (Å²) in [6.45, 7) is 3.83. The summed E-state index contributed by atoms with van der Waals surface area (Å²) in [4.78, 5) is 2.09. The molecule has 1 heterocycles. The fourth-order valence-electron chi connectivity index (χ4n) is 1.74. The normalized spacial score (nSPS) is 24.6. The van der Waals surface area contributed by atoms with Crippen molar-refractivity contribution in [3.63, 3.8) is 0 Å². The van der Waals surface area contributed by atoms with Crippen LogP contribution in [0.2, 0.25) is 0 Å². The van der Waals surface area contributed by atoms with Crippen LogP contribution in [-0.4, -0.2) is 37.2 Å². The highest BCUT2D eigenvalue weighted by molar-refractivity contribution is 4.90. The number of rotatable bonds is 4. The molecule has 74 valence electrons. The number of ether oxygens (including phenoxy) is 1. The molecule has 0 aliphatic carbocycles. The van der Waals surface area contributed by atoms with E-state index in [9.17, 15) is 0 Å². The van der Waals surface area contributed by atoms with Crippen LogP contribution in [0.25, 0.3) is 0 Å². The van der Waals surface area contributed by atoms with Crippen molar-refractivity contribution in [3.8, 4) is 6.07 Å². The van der Waals surface area contributed by atoms with Gasteiger partial charge in [-0.2, -0.15) is 5.26 Å². The number of likely N-dealkylation sites (N-methyl/N-ethyl adjacent to an activating group) is 1. The summed E-state index contributed by atoms with van der Waals surface area (Å²) in [5.74, 6) is 0. The topological polar surface area (TPSA) is 36.3 Å². The Kier molecular flexibility index (Phi) is 4.20. The van der Waals surface area contributed by atoms with E-state index < -0.39 is 0 Å². The second kappa shape index (κ2) is 5.21. The zero-order chi connectivity index (χ0) is 9.68. The average Bonchev–Trinajstić information content (AvgIpc) is 2.59. The summed E-state index contributed by atoms with van der Waals surface area (Å²) >= 11 is 0. The van der Waals surface area contributed by atoms with Crippen LogP contribution in [-0.2, 0) is 4.74 Å². The Bertz CT molecular complexity index is 182. The summed E-state index contributed by atoms with van der Waals surface area (Å²) in [5, 5.41) is 8.84. The van der Waals surface area contributed by atoms with Crippen molar-refractivity contribution in [2.24, 2.45) is 0 Å². The van der Waals surface area contributed by atoms with Gasteiger partial charge in [-0.3, -0.25) is 4.90 Å². The Labute approximate surface area is 80.3 Å². The predicted octanol–water partition coefficient (Wildman–Crippen LogP) is 1.40. The van der Waals surface area contributed by atoms with Gasteiger partial charge in [-0.25, -0.2) is 0 Å². The Morgan fingerprint density at radius 1 is 1.69 bits per heavy atom. The summed E-state index contributed by atoms with van der Waals surface area (Å²) < 4.78 is 5.51. The maximum absolute atomic E-state index is 8.84. The third kappa shape index (κ3) is 2.98. The molecule has 0 aromatic rings. The quantitative estimate of drug-likeness (QED) is 0.659. The molecular formula is C10H18N2O. The Morgan fingerprint density at radius 2 is 2.46 bits per heavy atom. The van der Waals surface area contributed by atoms with Gasteiger partial charge >= 0.3 is 0 Å². The fourth-order valence-corrected chi connectivity index (χ4v) is 1.74. The van der Waals surface area contributed by atoms with Crippen LogP contribution in [0.15, 0.2) is 0 Å². The van der Waals surface area contributed by atoms with E-state index in [2.05, 4.69) is 11.0 Å². The van der Waals surface area contributed by atoms with Gasteiger partial charge in [0.15, 0.2) is 0 Å². The molecule has 0 N–H and O–H groups in total. The molecule has 2 unspecified atom stereocenters. The Hall–Kier alpha value is -0.590. The van der Waals surface area contributed by atoms with Crippen LogP contribution in [0, 0.1) is 11.3 Å². The van der Waals surface area contributed by atoms with Gasteiger partial charge in [0.1, 0.15) is 0 Å². The Balaban J connectivity index is 2.30. The molecule has 0 saturated carbocycles. The highest BCUT2D eigenvalue weighted by atomic mass is 16.5. The number of hydrogen-bond acceptors (Lipinski definition) is 3. The van der Waals surface area contributed by atoms with Crippen molar-refractivity contribution in [2.45, 2.75) is 38.3 Å². The zero-order valence-corrected chi connectivity index (χ0v) is 8.49. The van der Waals surface area contributed by atoms with E-state index >= 15 is 0 Å². The van der Waals surface area contributed by atoms with E-state index in [4.69, 9.17) is 10.00 Å². The molecule has 1 saturated heterocycles. The summed E-state index contributed by atoms with van der Waals surface area (Å²) in [6.07, 6.45) is 3.56. The van der Waals surface area contributed by atoms with Gasteiger partial charge in [0, 0.05) is 13.2 Å². The van der Waals surface area contributed by atoms with E-state index in [-0.39, 0.29) is 6.04 Å². The summed E-state index contributed by atoms with van der Waals surface area (Å²) in [5.41, 5.74) is 0. The van der Waals surface area contributed by atoms with Crippen LogP contribution in [0.5, 0.6) is 0 Å². The van der Waals surface area contributed by atoms with Crippen LogP contribution in [0.3, 0.4) is 0 Å². The number of hydrogen-bond donors (Lipinski definition) is 0. The molecule has 1 aliphatic rings. The second-order valence-corrected chi connectivity index (χ2v) is 3.63. The minimum atomic E-state index is 0.0456. The molecule has 0 spiro atoms. The largest absolute Gasteiger partial charge is 0.377 e. The fraction of sp³-hybridized carbons (Fsp3) is 0.900. The van der Waals surface area contributed by atoms with Crippen molar-refractivity contribution in [1.29, 1.82) is 5.26 Å². The van der Waals surface area contributed by atoms with Gasteiger partial charge < -0.3 is 4.74 Å². The minimum absolute atomic E-state index is 0.0456. The SMILES string of the molecule is CCC(C#N)N(C)CC1CCCO1. The lowest BCUT2D eigenvalue weighted by Gasteiger charge is -2.23. The zero-order valence-electron chi connectivity index (χ0n) is 8.49. The highest BCUT2D eigenvalue weighted by Crippen LogP contribution is 2.14. The highest BCUT2D eigenvalue weighted by Gasteiger charge is 2.20. The first-order chi connectivity index (χ1) is 6.27. The van der Waals surface area contributed by atoms with Gasteiger partial charge in [-0.1, -0.05) is 6.92 Å². The maximum atomic E-state index is 8.84. The molecule has 1 aliphatic heterocycles. The van der Waals surface area contributed by atoms with Gasteiger partial charge in [0.2, 0.25) is 0 Å². The van der Waals surface area contributed by atoms with E-state index in [0.29, 0.717) is 6.10 Å². The van der Waals surface area contributed by atoms with E-state index in [0.717, 1.165) is 26.0 Å². The van der Waals surface area contributed by atoms with E-state index in [1.54, 1.807) is 0 Å². The lowest BCUT2D eigenvalue weighted by molar-refractivity contribution is 0.0744. The van der Waals surface area contributed by atoms with Crippen LogP contribution in [0.1, 0.15) is 26.2 Å². The molecule has 1 fully saturated rings. The third-order valence-corrected chi connectivity index (χ3v) is 2.58. The van der Waals surface area contributed by atoms with Gasteiger partial charge in [-0.05, 0) is 26.3 Å². The molecule has 0 amide bonds. The molecule has 0 aromatic carbocycles. The monoisotopic (exact) mass is 182 g/mol. The molecule has 0 bridgehead atoms. The van der Waals surface area contributed by atoms with Gasteiger partial charge in [-0.15, -0.1) is 0 Å². The molecule has 3 heteroatoms. The first kappa shape index (κ1) is 10.5. The summed E-state index contributed by atoms with van der Waals surface area (Å²) in [6, 6.07) is 2.34. The first-order valence-corrected chi connectivity index (χ1v) is 4.99. The molecular weight excluding hydrogens is 164 g/mol. The van der Waals surface area contributed by atoms with Crippen molar-refractivity contribution >= 4 is 0 Å². The standard InChI is InChI=1S/C10H18N2O/c1-3-9(7-11)12(2)8-10-5-4-6-13-10/h9-10H,3-6,8H2,1-2H3. The lowest BCUT2D eigenvalue weighted by Crippen LogP contribution is -2.36. The van der Waals surface area contributed by atoms with Crippen LogP contribution >= 0.6 is 0 Å². The average molecular weight is 182 g/mol. The molecule has 0 radical (unpaired) electrons. The van der Waals surface area contributed by atoms with Crippen molar-refractivity contribution in [2.75, 3.05) is 20.2 Å². The third-order valence-electron chi connectivity index (χ3n) is 2.58. The van der Waals surface area contributed by atoms with E-state index in [1.165, 1.54) is 6.42 Å². The second-order valence-electron chi connectivity index (χ2n) is 3.63. The minimum Gasteiger partial charge on any atom is -0.377 e. The first-order valence-electron chi connectivity index (χ1n) is 4.99. The molecule has 0 aromatic heterocycles. The number of nitrogens with zero attached hydrogens (tertiary/aromatic N) is 2. The van der Waals surface area contributed by atoms with Crippen LogP contribution in [0.4, 0.5) is 0 Å². The van der Waals surface area contributed by atoms with Crippen molar-refractivity contribution < 1.29 is 4.74 Å². The summed E-state index contributed by atoms with van der Waals surface area (Å²) in [7, 11) is 2.00. The van der Waals surface area contributed by atoms with E-state index in [1.807, 2.05) is 14.0 Å². The molecule has 1 rings (SSSR count). The number of nitriles is 1. The molecule has 3 nitrogen and oxygen atoms in total. The van der Waals surface area contributed by atoms with Crippen molar-refractivity contribution in [1.82, 2.24) is 4.90 Å². The lowest BCUT2D eigenvalue weighted by atomic mass is 10.2. The maximum Gasteiger partial charge on any atom is 0.0973 e.